The van der Waals surface area contributed by atoms with Crippen molar-refractivity contribution >= 4 is 17.4 Å². The van der Waals surface area contributed by atoms with Crippen molar-refractivity contribution in [2.75, 3.05) is 7.11 Å². The van der Waals surface area contributed by atoms with Crippen LogP contribution in [0.25, 0.3) is 11.3 Å². The van der Waals surface area contributed by atoms with E-state index in [0.29, 0.717) is 16.6 Å². The van der Waals surface area contributed by atoms with E-state index in [-0.39, 0.29) is 5.91 Å². The topological polar surface area (TPSA) is 64.1 Å². The first-order chi connectivity index (χ1) is 9.28. The SMILES string of the molecule is COc1cccc(-c2nnsc2C(=O)NC2CC2)c1. The van der Waals surface area contributed by atoms with Crippen LogP contribution in [0.3, 0.4) is 0 Å². The third-order valence-electron chi connectivity index (χ3n) is 2.95. The summed E-state index contributed by atoms with van der Waals surface area (Å²) in [5.74, 6) is 0.648. The fraction of sp³-hybridized carbons (Fsp3) is 0.308. The van der Waals surface area contributed by atoms with Crippen LogP contribution in [-0.4, -0.2) is 28.6 Å². The Balaban J connectivity index is 1.91. The van der Waals surface area contributed by atoms with Crippen molar-refractivity contribution in [3.8, 4) is 17.0 Å². The number of methoxy groups -OCH3 is 1. The Hall–Kier alpha value is -1.95. The lowest BCUT2D eigenvalue weighted by Gasteiger charge is -2.04. The van der Waals surface area contributed by atoms with Gasteiger partial charge in [0.05, 0.1) is 7.11 Å². The van der Waals surface area contributed by atoms with Gasteiger partial charge in [-0.1, -0.05) is 16.6 Å². The van der Waals surface area contributed by atoms with E-state index < -0.39 is 0 Å². The van der Waals surface area contributed by atoms with Gasteiger partial charge in [0.1, 0.15) is 16.3 Å². The number of hydrogen-bond acceptors (Lipinski definition) is 5. The molecular weight excluding hydrogens is 262 g/mol. The molecule has 0 atom stereocenters. The normalized spacial score (nSPS) is 14.2. The largest absolute Gasteiger partial charge is 0.497 e. The number of nitrogens with one attached hydrogen (secondary N) is 1. The number of nitrogens with zero attached hydrogens (tertiary/aromatic N) is 2. The highest BCUT2D eigenvalue weighted by Crippen LogP contribution is 2.28. The van der Waals surface area contributed by atoms with E-state index in [1.165, 1.54) is 0 Å². The van der Waals surface area contributed by atoms with E-state index in [1.807, 2.05) is 24.3 Å². The molecule has 1 aliphatic rings. The fourth-order valence-electron chi connectivity index (χ4n) is 1.78. The molecule has 0 aliphatic heterocycles. The van der Waals surface area contributed by atoms with Crippen LogP contribution in [0.1, 0.15) is 22.5 Å². The summed E-state index contributed by atoms with van der Waals surface area (Å²) in [7, 11) is 1.61. The fourth-order valence-corrected chi connectivity index (χ4v) is 2.37. The minimum atomic E-state index is -0.0877. The van der Waals surface area contributed by atoms with E-state index in [1.54, 1.807) is 7.11 Å². The second-order valence-electron chi connectivity index (χ2n) is 4.43. The van der Waals surface area contributed by atoms with E-state index >= 15 is 0 Å². The molecule has 1 aromatic heterocycles. The van der Waals surface area contributed by atoms with Gasteiger partial charge in [0.25, 0.3) is 5.91 Å². The van der Waals surface area contributed by atoms with Crippen LogP contribution in [0.2, 0.25) is 0 Å². The first-order valence-corrected chi connectivity index (χ1v) is 6.83. The van der Waals surface area contributed by atoms with Gasteiger partial charge in [-0.2, -0.15) is 0 Å². The lowest BCUT2D eigenvalue weighted by atomic mass is 10.1. The standard InChI is InChI=1S/C13H13N3O2S/c1-18-10-4-2-3-8(7-10)11-12(19-16-15-11)13(17)14-9-5-6-9/h2-4,7,9H,5-6H2,1H3,(H,14,17). The molecule has 0 saturated heterocycles. The molecule has 3 rings (SSSR count). The van der Waals surface area contributed by atoms with Crippen LogP contribution >= 0.6 is 11.5 Å². The minimum Gasteiger partial charge on any atom is -0.497 e. The van der Waals surface area contributed by atoms with Crippen molar-refractivity contribution in [3.05, 3.63) is 29.1 Å². The van der Waals surface area contributed by atoms with Gasteiger partial charge in [-0.25, -0.2) is 0 Å². The van der Waals surface area contributed by atoms with Crippen molar-refractivity contribution in [1.29, 1.82) is 0 Å². The highest BCUT2D eigenvalue weighted by atomic mass is 32.1. The number of aromatic nitrogens is 2. The maximum absolute atomic E-state index is 12.1. The van der Waals surface area contributed by atoms with E-state index in [4.69, 9.17) is 4.74 Å². The van der Waals surface area contributed by atoms with Gasteiger partial charge in [-0.3, -0.25) is 4.79 Å². The molecule has 1 amide bonds. The first-order valence-electron chi connectivity index (χ1n) is 6.05. The zero-order valence-corrected chi connectivity index (χ0v) is 11.2. The maximum atomic E-state index is 12.1. The smallest absolute Gasteiger partial charge is 0.265 e. The number of carbonyl (C=O) groups excluding carboxylic acids is 1. The first kappa shape index (κ1) is 12.1. The van der Waals surface area contributed by atoms with Gasteiger partial charge in [0, 0.05) is 11.6 Å². The zero-order chi connectivity index (χ0) is 13.2. The molecule has 1 saturated carbocycles. The van der Waals surface area contributed by atoms with Crippen LogP contribution < -0.4 is 10.1 Å². The van der Waals surface area contributed by atoms with Gasteiger partial charge < -0.3 is 10.1 Å². The molecule has 0 bridgehead atoms. The number of hydrogen-bond donors (Lipinski definition) is 1. The molecule has 0 spiro atoms. The highest BCUT2D eigenvalue weighted by molar-refractivity contribution is 7.08. The van der Waals surface area contributed by atoms with Gasteiger partial charge >= 0.3 is 0 Å². The van der Waals surface area contributed by atoms with E-state index in [0.717, 1.165) is 35.7 Å². The third-order valence-corrected chi connectivity index (χ3v) is 3.67. The van der Waals surface area contributed by atoms with Gasteiger partial charge in [-0.05, 0) is 36.5 Å². The van der Waals surface area contributed by atoms with Crippen molar-refractivity contribution < 1.29 is 9.53 Å². The molecular formula is C13H13N3O2S. The Kier molecular flexibility index (Phi) is 3.16. The number of amides is 1. The molecule has 1 N–H and O–H groups in total. The predicted octanol–water partition coefficient (Wildman–Crippen LogP) is 2.11. The van der Waals surface area contributed by atoms with Crippen molar-refractivity contribution in [3.63, 3.8) is 0 Å². The highest BCUT2D eigenvalue weighted by Gasteiger charge is 2.26. The quantitative estimate of drug-likeness (QED) is 0.928. The summed E-state index contributed by atoms with van der Waals surface area (Å²) < 4.78 is 9.08. The predicted molar refractivity (Wildman–Crippen MR) is 72.4 cm³/mol. The Morgan fingerprint density at radius 1 is 1.47 bits per heavy atom. The molecule has 6 heteroatoms. The van der Waals surface area contributed by atoms with Gasteiger partial charge in [0.15, 0.2) is 0 Å². The van der Waals surface area contributed by atoms with E-state index in [2.05, 4.69) is 14.9 Å². The summed E-state index contributed by atoms with van der Waals surface area (Å²) in [6.07, 6.45) is 2.12. The summed E-state index contributed by atoms with van der Waals surface area (Å²) in [5.41, 5.74) is 1.45. The summed E-state index contributed by atoms with van der Waals surface area (Å²) in [4.78, 5) is 12.6. The second-order valence-corrected chi connectivity index (χ2v) is 5.18. The zero-order valence-electron chi connectivity index (χ0n) is 10.4. The van der Waals surface area contributed by atoms with Crippen LogP contribution in [0, 0.1) is 0 Å². The Morgan fingerprint density at radius 2 is 2.32 bits per heavy atom. The summed E-state index contributed by atoms with van der Waals surface area (Å²) in [6.45, 7) is 0. The number of carbonyl (C=O) groups is 1. The second kappa shape index (κ2) is 4.97. The Morgan fingerprint density at radius 3 is 3.05 bits per heavy atom. The van der Waals surface area contributed by atoms with Gasteiger partial charge in [0.2, 0.25) is 0 Å². The summed E-state index contributed by atoms with van der Waals surface area (Å²) in [5, 5.41) is 7.02. The molecule has 1 heterocycles. The van der Waals surface area contributed by atoms with Gasteiger partial charge in [-0.15, -0.1) is 5.10 Å². The lowest BCUT2D eigenvalue weighted by molar-refractivity contribution is 0.0955. The molecule has 0 unspecified atom stereocenters. The molecule has 2 aromatic rings. The van der Waals surface area contributed by atoms with Crippen LogP contribution in [0.5, 0.6) is 5.75 Å². The van der Waals surface area contributed by atoms with Crippen molar-refractivity contribution in [1.82, 2.24) is 14.9 Å². The Bertz CT molecular complexity index is 607. The van der Waals surface area contributed by atoms with Crippen molar-refractivity contribution in [2.24, 2.45) is 0 Å². The minimum absolute atomic E-state index is 0.0877. The molecule has 98 valence electrons. The summed E-state index contributed by atoms with van der Waals surface area (Å²) in [6, 6.07) is 7.80. The third kappa shape index (κ3) is 2.58. The van der Waals surface area contributed by atoms with Crippen LogP contribution in [0.15, 0.2) is 24.3 Å². The maximum Gasteiger partial charge on any atom is 0.265 e. The van der Waals surface area contributed by atoms with Crippen LogP contribution in [-0.2, 0) is 0 Å². The van der Waals surface area contributed by atoms with Crippen molar-refractivity contribution in [2.45, 2.75) is 18.9 Å². The number of rotatable bonds is 4. The van der Waals surface area contributed by atoms with Crippen LogP contribution in [0.4, 0.5) is 0 Å². The van der Waals surface area contributed by atoms with E-state index in [9.17, 15) is 4.79 Å². The molecule has 1 aliphatic carbocycles. The number of benzene rings is 1. The molecule has 0 radical (unpaired) electrons. The monoisotopic (exact) mass is 275 g/mol. The molecule has 1 aromatic carbocycles. The average Bonchev–Trinajstić information content (AvgIpc) is 3.11. The molecule has 5 nitrogen and oxygen atoms in total. The summed E-state index contributed by atoms with van der Waals surface area (Å²) >= 11 is 1.12. The number of ether oxygens (including phenoxy) is 1. The average molecular weight is 275 g/mol. The molecule has 1 fully saturated rings. The molecule has 19 heavy (non-hydrogen) atoms. The Labute approximate surface area is 114 Å². The lowest BCUT2D eigenvalue weighted by Crippen LogP contribution is -2.24.